The number of anilines is 1. The standard InChI is InChI=1S/C13H8Cl2N2OS/c14-8-3-1-2-7(6-8)10-11(18-17-13(10)16)12-9(15)4-5-19-12/h1-6H,(H2,16,17). The van der Waals surface area contributed by atoms with Crippen molar-refractivity contribution in [2.45, 2.75) is 0 Å². The van der Waals surface area contributed by atoms with Gasteiger partial charge in [0.25, 0.3) is 0 Å². The van der Waals surface area contributed by atoms with Crippen molar-refractivity contribution in [3.63, 3.8) is 0 Å². The highest BCUT2D eigenvalue weighted by atomic mass is 35.5. The lowest BCUT2D eigenvalue weighted by atomic mass is 10.1. The van der Waals surface area contributed by atoms with Crippen LogP contribution in [0, 0.1) is 0 Å². The normalized spacial score (nSPS) is 10.8. The Morgan fingerprint density at radius 1 is 1.21 bits per heavy atom. The van der Waals surface area contributed by atoms with Crippen molar-refractivity contribution in [1.29, 1.82) is 0 Å². The molecule has 0 bridgehead atoms. The summed E-state index contributed by atoms with van der Waals surface area (Å²) in [5.41, 5.74) is 7.46. The molecule has 0 spiro atoms. The van der Waals surface area contributed by atoms with Crippen LogP contribution in [0.15, 0.2) is 40.2 Å². The minimum atomic E-state index is 0.321. The summed E-state index contributed by atoms with van der Waals surface area (Å²) < 4.78 is 5.32. The van der Waals surface area contributed by atoms with Gasteiger partial charge in [-0.05, 0) is 29.1 Å². The van der Waals surface area contributed by atoms with Gasteiger partial charge in [0, 0.05) is 5.02 Å². The molecule has 3 nitrogen and oxygen atoms in total. The van der Waals surface area contributed by atoms with Crippen molar-refractivity contribution in [2.24, 2.45) is 0 Å². The van der Waals surface area contributed by atoms with E-state index in [1.165, 1.54) is 11.3 Å². The molecule has 0 radical (unpaired) electrons. The van der Waals surface area contributed by atoms with Gasteiger partial charge < -0.3 is 10.3 Å². The number of thiophene rings is 1. The summed E-state index contributed by atoms with van der Waals surface area (Å²) in [6, 6.07) is 9.17. The smallest absolute Gasteiger partial charge is 0.188 e. The van der Waals surface area contributed by atoms with Crippen LogP contribution in [-0.4, -0.2) is 5.16 Å². The molecule has 0 saturated carbocycles. The Kier molecular flexibility index (Phi) is 3.22. The fourth-order valence-corrected chi connectivity index (χ4v) is 3.15. The number of aromatic nitrogens is 1. The van der Waals surface area contributed by atoms with Gasteiger partial charge in [0.1, 0.15) is 0 Å². The number of nitrogen functional groups attached to an aromatic ring is 1. The van der Waals surface area contributed by atoms with Gasteiger partial charge in [0.15, 0.2) is 11.6 Å². The monoisotopic (exact) mass is 310 g/mol. The van der Waals surface area contributed by atoms with Gasteiger partial charge in [0.05, 0.1) is 15.5 Å². The Bertz CT molecular complexity index is 736. The van der Waals surface area contributed by atoms with Gasteiger partial charge in [0.2, 0.25) is 0 Å². The van der Waals surface area contributed by atoms with E-state index in [9.17, 15) is 0 Å². The zero-order chi connectivity index (χ0) is 13.4. The maximum absolute atomic E-state index is 6.13. The Labute approximate surface area is 123 Å². The largest absolute Gasteiger partial charge is 0.380 e. The highest BCUT2D eigenvalue weighted by Gasteiger charge is 2.20. The fraction of sp³-hybridized carbons (Fsp3) is 0. The molecule has 19 heavy (non-hydrogen) atoms. The molecule has 0 saturated heterocycles. The van der Waals surface area contributed by atoms with Crippen LogP contribution in [0.5, 0.6) is 0 Å². The molecular formula is C13H8Cl2N2OS. The molecule has 3 aromatic rings. The SMILES string of the molecule is Nc1noc(-c2sccc2Cl)c1-c1cccc(Cl)c1. The maximum Gasteiger partial charge on any atom is 0.188 e. The molecule has 0 unspecified atom stereocenters. The molecule has 0 atom stereocenters. The minimum Gasteiger partial charge on any atom is -0.380 e. The molecule has 2 heterocycles. The van der Waals surface area contributed by atoms with Crippen molar-refractivity contribution in [1.82, 2.24) is 5.16 Å². The molecule has 0 amide bonds. The molecule has 2 aromatic heterocycles. The summed E-state index contributed by atoms with van der Waals surface area (Å²) in [6.07, 6.45) is 0. The second-order valence-electron chi connectivity index (χ2n) is 3.88. The molecule has 0 aliphatic heterocycles. The number of hydrogen-bond acceptors (Lipinski definition) is 4. The topological polar surface area (TPSA) is 52.0 Å². The number of halogens is 2. The van der Waals surface area contributed by atoms with Gasteiger partial charge >= 0.3 is 0 Å². The van der Waals surface area contributed by atoms with E-state index >= 15 is 0 Å². The Hall–Kier alpha value is -1.49. The van der Waals surface area contributed by atoms with E-state index < -0.39 is 0 Å². The van der Waals surface area contributed by atoms with E-state index in [2.05, 4.69) is 5.16 Å². The second kappa shape index (κ2) is 4.89. The van der Waals surface area contributed by atoms with Gasteiger partial charge in [-0.25, -0.2) is 0 Å². The summed E-state index contributed by atoms with van der Waals surface area (Å²) in [5, 5.41) is 6.96. The van der Waals surface area contributed by atoms with Crippen LogP contribution >= 0.6 is 34.5 Å². The van der Waals surface area contributed by atoms with Crippen molar-refractivity contribution in [2.75, 3.05) is 5.73 Å². The van der Waals surface area contributed by atoms with E-state index in [-0.39, 0.29) is 0 Å². The average Bonchev–Trinajstić information content (AvgIpc) is 2.95. The zero-order valence-electron chi connectivity index (χ0n) is 9.56. The van der Waals surface area contributed by atoms with Crippen LogP contribution in [0.2, 0.25) is 10.0 Å². The van der Waals surface area contributed by atoms with Gasteiger partial charge in [-0.2, -0.15) is 0 Å². The highest BCUT2D eigenvalue weighted by Crippen LogP contribution is 2.42. The lowest BCUT2D eigenvalue weighted by Crippen LogP contribution is -1.88. The molecule has 1 aromatic carbocycles. The second-order valence-corrected chi connectivity index (χ2v) is 5.64. The third-order valence-corrected chi connectivity index (χ3v) is 4.23. The Balaban J connectivity index is 2.22. The summed E-state index contributed by atoms with van der Waals surface area (Å²) in [6.45, 7) is 0. The van der Waals surface area contributed by atoms with Gasteiger partial charge in [-0.15, -0.1) is 11.3 Å². The quantitative estimate of drug-likeness (QED) is 0.728. The molecule has 6 heteroatoms. The molecule has 2 N–H and O–H groups in total. The number of nitrogens with two attached hydrogens (primary N) is 1. The van der Waals surface area contributed by atoms with Crippen molar-refractivity contribution in [3.05, 3.63) is 45.8 Å². The first kappa shape index (κ1) is 12.5. The summed E-state index contributed by atoms with van der Waals surface area (Å²) in [5.74, 6) is 0.890. The summed E-state index contributed by atoms with van der Waals surface area (Å²) in [7, 11) is 0. The minimum absolute atomic E-state index is 0.321. The first-order valence-electron chi connectivity index (χ1n) is 5.41. The van der Waals surface area contributed by atoms with Crippen LogP contribution < -0.4 is 5.73 Å². The summed E-state index contributed by atoms with van der Waals surface area (Å²) >= 11 is 13.6. The maximum atomic E-state index is 6.13. The third-order valence-electron chi connectivity index (χ3n) is 2.66. The highest BCUT2D eigenvalue weighted by molar-refractivity contribution is 7.14. The number of rotatable bonds is 2. The van der Waals surface area contributed by atoms with E-state index in [0.29, 0.717) is 27.2 Å². The molecule has 3 rings (SSSR count). The van der Waals surface area contributed by atoms with Crippen LogP contribution in [0.25, 0.3) is 21.8 Å². The number of hydrogen-bond donors (Lipinski definition) is 1. The molecule has 0 fully saturated rings. The predicted octanol–water partition coefficient (Wildman–Crippen LogP) is 4.96. The molecule has 96 valence electrons. The molecule has 0 aliphatic carbocycles. The van der Waals surface area contributed by atoms with Crippen LogP contribution in [0.1, 0.15) is 0 Å². The average molecular weight is 311 g/mol. The molecular weight excluding hydrogens is 303 g/mol. The van der Waals surface area contributed by atoms with Crippen molar-refractivity contribution in [3.8, 4) is 21.8 Å². The van der Waals surface area contributed by atoms with Crippen LogP contribution in [-0.2, 0) is 0 Å². The van der Waals surface area contributed by atoms with Crippen molar-refractivity contribution >= 4 is 40.4 Å². The van der Waals surface area contributed by atoms with Crippen molar-refractivity contribution < 1.29 is 4.52 Å². The fourth-order valence-electron chi connectivity index (χ4n) is 1.84. The van der Waals surface area contributed by atoms with Gasteiger partial charge in [-0.3, -0.25) is 0 Å². The summed E-state index contributed by atoms with van der Waals surface area (Å²) in [4.78, 5) is 0.806. The van der Waals surface area contributed by atoms with Crippen LogP contribution in [0.3, 0.4) is 0 Å². The van der Waals surface area contributed by atoms with Gasteiger partial charge in [-0.1, -0.05) is 40.5 Å². The van der Waals surface area contributed by atoms with E-state index in [1.807, 2.05) is 29.6 Å². The number of nitrogens with zero attached hydrogens (tertiary/aromatic N) is 1. The first-order valence-corrected chi connectivity index (χ1v) is 7.05. The molecule has 0 aliphatic rings. The number of benzene rings is 1. The van der Waals surface area contributed by atoms with E-state index in [4.69, 9.17) is 33.5 Å². The zero-order valence-corrected chi connectivity index (χ0v) is 11.9. The Morgan fingerprint density at radius 3 is 2.74 bits per heavy atom. The van der Waals surface area contributed by atoms with E-state index in [1.54, 1.807) is 6.07 Å². The first-order chi connectivity index (χ1) is 9.16. The third kappa shape index (κ3) is 2.23. The van der Waals surface area contributed by atoms with E-state index in [0.717, 1.165) is 10.4 Å². The Morgan fingerprint density at radius 2 is 2.05 bits per heavy atom. The lowest BCUT2D eigenvalue weighted by Gasteiger charge is -2.02. The predicted molar refractivity (Wildman–Crippen MR) is 79.7 cm³/mol. The van der Waals surface area contributed by atoms with Crippen LogP contribution in [0.4, 0.5) is 5.82 Å². The lowest BCUT2D eigenvalue weighted by molar-refractivity contribution is 0.437.